The molecule has 2 saturated heterocycles. The maximum absolute atomic E-state index is 12.2. The van der Waals surface area contributed by atoms with Crippen LogP contribution >= 0.6 is 0 Å². The number of piperidine rings is 1. The molecule has 0 spiro atoms. The van der Waals surface area contributed by atoms with E-state index >= 15 is 0 Å². The zero-order valence-electron chi connectivity index (χ0n) is 11.3. The summed E-state index contributed by atoms with van der Waals surface area (Å²) in [5.74, 6) is 0.906. The van der Waals surface area contributed by atoms with Crippen molar-refractivity contribution in [3.63, 3.8) is 0 Å². The number of nitrogens with zero attached hydrogens (tertiary/aromatic N) is 2. The molecular weight excluding hydrogens is 230 g/mol. The van der Waals surface area contributed by atoms with Gasteiger partial charge in [-0.2, -0.15) is 0 Å². The van der Waals surface area contributed by atoms with Crippen LogP contribution in [0.25, 0.3) is 0 Å². The summed E-state index contributed by atoms with van der Waals surface area (Å²) >= 11 is 0. The molecule has 5 heteroatoms. The van der Waals surface area contributed by atoms with Gasteiger partial charge in [0.05, 0.1) is 19.3 Å². The second kappa shape index (κ2) is 6.50. The molecule has 2 N–H and O–H groups in total. The van der Waals surface area contributed by atoms with Crippen molar-refractivity contribution in [2.75, 3.05) is 45.9 Å². The van der Waals surface area contributed by atoms with Crippen molar-refractivity contribution in [3.8, 4) is 0 Å². The van der Waals surface area contributed by atoms with Gasteiger partial charge in [0.1, 0.15) is 0 Å². The normalized spacial score (nSPS) is 30.4. The smallest absolute Gasteiger partial charge is 0.236 e. The molecule has 18 heavy (non-hydrogen) atoms. The Labute approximate surface area is 109 Å². The van der Waals surface area contributed by atoms with E-state index in [-0.39, 0.29) is 12.0 Å². The molecule has 2 fully saturated rings. The summed E-state index contributed by atoms with van der Waals surface area (Å²) in [6.45, 7) is 7.43. The molecule has 1 amide bonds. The van der Waals surface area contributed by atoms with Crippen molar-refractivity contribution in [1.82, 2.24) is 9.80 Å². The van der Waals surface area contributed by atoms with Crippen LogP contribution in [0, 0.1) is 5.92 Å². The number of rotatable bonds is 3. The van der Waals surface area contributed by atoms with Crippen LogP contribution in [0.3, 0.4) is 0 Å². The topological polar surface area (TPSA) is 58.8 Å². The molecule has 2 heterocycles. The molecule has 0 aromatic heterocycles. The van der Waals surface area contributed by atoms with Crippen LogP contribution in [-0.2, 0) is 9.53 Å². The van der Waals surface area contributed by atoms with Crippen LogP contribution in [-0.4, -0.2) is 67.7 Å². The summed E-state index contributed by atoms with van der Waals surface area (Å²) in [7, 11) is 0. The predicted molar refractivity (Wildman–Crippen MR) is 70.2 cm³/mol. The molecule has 5 nitrogen and oxygen atoms in total. The maximum atomic E-state index is 12.2. The van der Waals surface area contributed by atoms with Crippen molar-refractivity contribution in [2.24, 2.45) is 11.7 Å². The highest BCUT2D eigenvalue weighted by Gasteiger charge is 2.25. The molecule has 0 saturated carbocycles. The first-order chi connectivity index (χ1) is 8.69. The quantitative estimate of drug-likeness (QED) is 0.765. The third-order valence-corrected chi connectivity index (χ3v) is 3.85. The van der Waals surface area contributed by atoms with Crippen molar-refractivity contribution in [2.45, 2.75) is 25.9 Å². The van der Waals surface area contributed by atoms with Gasteiger partial charge < -0.3 is 15.4 Å². The molecule has 0 aromatic carbocycles. The lowest BCUT2D eigenvalue weighted by Gasteiger charge is -2.35. The fourth-order valence-electron chi connectivity index (χ4n) is 2.77. The van der Waals surface area contributed by atoms with E-state index in [0.29, 0.717) is 25.6 Å². The molecular formula is C13H25N3O2. The highest BCUT2D eigenvalue weighted by Crippen LogP contribution is 2.16. The van der Waals surface area contributed by atoms with Gasteiger partial charge in [0, 0.05) is 32.7 Å². The van der Waals surface area contributed by atoms with Crippen LogP contribution in [0.2, 0.25) is 0 Å². The fourth-order valence-corrected chi connectivity index (χ4v) is 2.77. The van der Waals surface area contributed by atoms with Crippen molar-refractivity contribution in [3.05, 3.63) is 0 Å². The summed E-state index contributed by atoms with van der Waals surface area (Å²) in [6.07, 6.45) is 2.48. The Kier molecular flexibility index (Phi) is 4.97. The summed E-state index contributed by atoms with van der Waals surface area (Å²) < 4.78 is 5.51. The van der Waals surface area contributed by atoms with Crippen LogP contribution in [0.15, 0.2) is 0 Å². The van der Waals surface area contributed by atoms with Gasteiger partial charge >= 0.3 is 0 Å². The Morgan fingerprint density at radius 3 is 2.94 bits per heavy atom. The van der Waals surface area contributed by atoms with Gasteiger partial charge in [0.2, 0.25) is 5.91 Å². The molecule has 2 rings (SSSR count). The molecule has 0 bridgehead atoms. The Morgan fingerprint density at radius 2 is 2.22 bits per heavy atom. The van der Waals surface area contributed by atoms with E-state index in [9.17, 15) is 4.79 Å². The predicted octanol–water partition coefficient (Wildman–Crippen LogP) is -0.0956. The van der Waals surface area contributed by atoms with Gasteiger partial charge in [-0.1, -0.05) is 6.92 Å². The number of amides is 1. The number of morpholine rings is 1. The molecule has 2 unspecified atom stereocenters. The summed E-state index contributed by atoms with van der Waals surface area (Å²) in [6, 6.07) is 0. The van der Waals surface area contributed by atoms with E-state index in [0.717, 1.165) is 32.6 Å². The van der Waals surface area contributed by atoms with Crippen molar-refractivity contribution >= 4 is 5.91 Å². The molecule has 2 aliphatic heterocycles. The first kappa shape index (κ1) is 13.8. The lowest BCUT2D eigenvalue weighted by molar-refractivity contribution is -0.136. The number of likely N-dealkylation sites (tertiary alicyclic amines) is 1. The minimum Gasteiger partial charge on any atom is -0.374 e. The van der Waals surface area contributed by atoms with Crippen LogP contribution < -0.4 is 5.73 Å². The van der Waals surface area contributed by atoms with E-state index in [2.05, 4.69) is 11.8 Å². The Bertz CT molecular complexity index is 285. The Morgan fingerprint density at radius 1 is 1.39 bits per heavy atom. The summed E-state index contributed by atoms with van der Waals surface area (Å²) in [5, 5.41) is 0. The molecule has 0 radical (unpaired) electrons. The van der Waals surface area contributed by atoms with Crippen molar-refractivity contribution in [1.29, 1.82) is 0 Å². The molecule has 0 aromatic rings. The third kappa shape index (κ3) is 3.67. The lowest BCUT2D eigenvalue weighted by atomic mass is 10.0. The van der Waals surface area contributed by atoms with Gasteiger partial charge in [0.15, 0.2) is 0 Å². The van der Waals surface area contributed by atoms with Gasteiger partial charge in [-0.05, 0) is 18.8 Å². The standard InChI is InChI=1S/C13H25N3O2/c1-11-3-2-4-16(8-11)13(17)10-15-5-6-18-12(7-14)9-15/h11-12H,2-10,14H2,1H3. The van der Waals surface area contributed by atoms with Crippen LogP contribution in [0.4, 0.5) is 0 Å². The van der Waals surface area contributed by atoms with Gasteiger partial charge in [-0.25, -0.2) is 0 Å². The zero-order valence-corrected chi connectivity index (χ0v) is 11.3. The molecule has 2 aliphatic rings. The van der Waals surface area contributed by atoms with E-state index in [1.54, 1.807) is 0 Å². The monoisotopic (exact) mass is 255 g/mol. The Balaban J connectivity index is 1.79. The Hall–Kier alpha value is -0.650. The van der Waals surface area contributed by atoms with E-state index in [1.165, 1.54) is 6.42 Å². The highest BCUT2D eigenvalue weighted by atomic mass is 16.5. The molecule has 104 valence electrons. The second-order valence-corrected chi connectivity index (χ2v) is 5.55. The number of nitrogens with two attached hydrogens (primary N) is 1. The first-order valence-corrected chi connectivity index (χ1v) is 7.01. The van der Waals surface area contributed by atoms with Crippen LogP contribution in [0.5, 0.6) is 0 Å². The van der Waals surface area contributed by atoms with Gasteiger partial charge in [-0.3, -0.25) is 9.69 Å². The maximum Gasteiger partial charge on any atom is 0.236 e. The highest BCUT2D eigenvalue weighted by molar-refractivity contribution is 5.78. The average Bonchev–Trinajstić information content (AvgIpc) is 2.39. The summed E-state index contributed by atoms with van der Waals surface area (Å²) in [4.78, 5) is 16.4. The van der Waals surface area contributed by atoms with E-state index in [1.807, 2.05) is 4.90 Å². The lowest BCUT2D eigenvalue weighted by Crippen LogP contribution is -2.50. The molecule has 2 atom stereocenters. The average molecular weight is 255 g/mol. The number of ether oxygens (including phenoxy) is 1. The second-order valence-electron chi connectivity index (χ2n) is 5.55. The SMILES string of the molecule is CC1CCCN(C(=O)CN2CCOC(CN)C2)C1. The van der Waals surface area contributed by atoms with Gasteiger partial charge in [-0.15, -0.1) is 0 Å². The number of carbonyl (C=O) groups is 1. The summed E-state index contributed by atoms with van der Waals surface area (Å²) in [5.41, 5.74) is 5.61. The van der Waals surface area contributed by atoms with E-state index < -0.39 is 0 Å². The minimum absolute atomic E-state index is 0.0897. The largest absolute Gasteiger partial charge is 0.374 e. The van der Waals surface area contributed by atoms with Crippen LogP contribution in [0.1, 0.15) is 19.8 Å². The first-order valence-electron chi connectivity index (χ1n) is 7.01. The number of carbonyl (C=O) groups excluding carboxylic acids is 1. The van der Waals surface area contributed by atoms with Gasteiger partial charge in [0.25, 0.3) is 0 Å². The fraction of sp³-hybridized carbons (Fsp3) is 0.923. The number of hydrogen-bond acceptors (Lipinski definition) is 4. The third-order valence-electron chi connectivity index (χ3n) is 3.85. The molecule has 0 aliphatic carbocycles. The zero-order chi connectivity index (χ0) is 13.0. The number of hydrogen-bond donors (Lipinski definition) is 1. The minimum atomic E-state index is 0.0897. The van der Waals surface area contributed by atoms with E-state index in [4.69, 9.17) is 10.5 Å². The van der Waals surface area contributed by atoms with Crippen molar-refractivity contribution < 1.29 is 9.53 Å².